The highest BCUT2D eigenvalue weighted by atomic mass is 16.5. The lowest BCUT2D eigenvalue weighted by molar-refractivity contribution is -0.165. The van der Waals surface area contributed by atoms with Gasteiger partial charge in [-0.25, -0.2) is 5.06 Å². The maximum Gasteiger partial charge on any atom is 0.250 e. The van der Waals surface area contributed by atoms with Crippen molar-refractivity contribution in [3.05, 3.63) is 0 Å². The van der Waals surface area contributed by atoms with Gasteiger partial charge in [0.05, 0.1) is 5.92 Å². The van der Waals surface area contributed by atoms with Gasteiger partial charge in [0.25, 0.3) is 5.91 Å². The number of hydrogen-bond donors (Lipinski definition) is 2. The molecule has 5 heteroatoms. The van der Waals surface area contributed by atoms with Crippen LogP contribution in [-0.2, 0) is 9.59 Å². The third-order valence-corrected chi connectivity index (χ3v) is 1.93. The van der Waals surface area contributed by atoms with E-state index in [1.807, 2.05) is 0 Å². The molecule has 1 aliphatic rings. The topological polar surface area (TPSA) is 69.6 Å². The molecule has 1 fully saturated rings. The fourth-order valence-corrected chi connectivity index (χ4v) is 1.21. The van der Waals surface area contributed by atoms with Crippen LogP contribution in [0.3, 0.4) is 0 Å². The Labute approximate surface area is 70.3 Å². The van der Waals surface area contributed by atoms with Gasteiger partial charge in [0.1, 0.15) is 0 Å². The summed E-state index contributed by atoms with van der Waals surface area (Å²) in [7, 11) is 1.29. The lowest BCUT2D eigenvalue weighted by Gasteiger charge is -2.23. The summed E-state index contributed by atoms with van der Waals surface area (Å²) in [5.41, 5.74) is 0. The second kappa shape index (κ2) is 3.53. The number of nitrogens with zero attached hydrogens (tertiary/aromatic N) is 1. The zero-order valence-corrected chi connectivity index (χ0v) is 6.91. The van der Waals surface area contributed by atoms with Crippen LogP contribution in [0, 0.1) is 5.92 Å². The Bertz CT molecular complexity index is 193. The van der Waals surface area contributed by atoms with E-state index >= 15 is 0 Å². The molecule has 0 aromatic carbocycles. The monoisotopic (exact) mass is 172 g/mol. The van der Waals surface area contributed by atoms with Gasteiger partial charge in [0.15, 0.2) is 0 Å². The van der Waals surface area contributed by atoms with Crippen molar-refractivity contribution in [3.8, 4) is 0 Å². The van der Waals surface area contributed by atoms with Crippen LogP contribution >= 0.6 is 0 Å². The van der Waals surface area contributed by atoms with Crippen LogP contribution < -0.4 is 5.32 Å². The molecule has 5 nitrogen and oxygen atoms in total. The molecule has 0 radical (unpaired) electrons. The Morgan fingerprint density at radius 2 is 2.42 bits per heavy atom. The molecule has 0 saturated carbocycles. The van der Waals surface area contributed by atoms with E-state index in [4.69, 9.17) is 5.21 Å². The van der Waals surface area contributed by atoms with E-state index < -0.39 is 0 Å². The van der Waals surface area contributed by atoms with Crippen LogP contribution in [-0.4, -0.2) is 35.7 Å². The first-order chi connectivity index (χ1) is 5.61. The van der Waals surface area contributed by atoms with Crippen LogP contribution in [0.15, 0.2) is 0 Å². The summed E-state index contributed by atoms with van der Waals surface area (Å²) < 4.78 is 0. The first-order valence-electron chi connectivity index (χ1n) is 3.84. The Balaban J connectivity index is 2.44. The summed E-state index contributed by atoms with van der Waals surface area (Å²) in [6.07, 6.45) is 0.889. The summed E-state index contributed by atoms with van der Waals surface area (Å²) in [5.74, 6) is -0.632. The SMILES string of the molecule is CN(O)C(=O)C1CCC(=O)NC1. The number of hydrogen-bond acceptors (Lipinski definition) is 3. The normalized spacial score (nSPS) is 23.2. The van der Waals surface area contributed by atoms with Crippen LogP contribution in [0.4, 0.5) is 0 Å². The number of nitrogens with one attached hydrogen (secondary N) is 1. The van der Waals surface area contributed by atoms with Crippen molar-refractivity contribution in [1.82, 2.24) is 10.4 Å². The van der Waals surface area contributed by atoms with Crippen molar-refractivity contribution in [2.75, 3.05) is 13.6 Å². The van der Waals surface area contributed by atoms with Gasteiger partial charge in [-0.05, 0) is 6.42 Å². The number of carbonyl (C=O) groups excluding carboxylic acids is 2. The van der Waals surface area contributed by atoms with E-state index in [0.29, 0.717) is 24.4 Å². The molecule has 0 bridgehead atoms. The van der Waals surface area contributed by atoms with Crippen molar-refractivity contribution < 1.29 is 14.8 Å². The smallest absolute Gasteiger partial charge is 0.250 e. The van der Waals surface area contributed by atoms with Gasteiger partial charge in [-0.3, -0.25) is 14.8 Å². The predicted octanol–water partition coefficient (Wildman–Crippen LogP) is -0.640. The molecule has 1 rings (SSSR count). The van der Waals surface area contributed by atoms with E-state index in [2.05, 4.69) is 5.32 Å². The lowest BCUT2D eigenvalue weighted by atomic mass is 9.98. The highest BCUT2D eigenvalue weighted by Gasteiger charge is 2.26. The van der Waals surface area contributed by atoms with Gasteiger partial charge in [0, 0.05) is 20.0 Å². The molecule has 0 aromatic rings. The highest BCUT2D eigenvalue weighted by Crippen LogP contribution is 2.12. The summed E-state index contributed by atoms with van der Waals surface area (Å²) in [5, 5.41) is 12.0. The van der Waals surface area contributed by atoms with Crippen molar-refractivity contribution in [2.45, 2.75) is 12.8 Å². The van der Waals surface area contributed by atoms with Gasteiger partial charge in [-0.15, -0.1) is 0 Å². The Hall–Kier alpha value is -1.10. The molecule has 2 amide bonds. The molecule has 1 saturated heterocycles. The molecule has 1 atom stereocenters. The molecule has 2 N–H and O–H groups in total. The number of piperidine rings is 1. The molecular weight excluding hydrogens is 160 g/mol. The highest BCUT2D eigenvalue weighted by molar-refractivity contribution is 5.82. The van der Waals surface area contributed by atoms with E-state index in [9.17, 15) is 9.59 Å². The van der Waals surface area contributed by atoms with Crippen molar-refractivity contribution in [3.63, 3.8) is 0 Å². The molecule has 1 aliphatic heterocycles. The minimum Gasteiger partial charge on any atom is -0.355 e. The summed E-state index contributed by atoms with van der Waals surface area (Å²) in [4.78, 5) is 21.8. The van der Waals surface area contributed by atoms with Gasteiger partial charge >= 0.3 is 0 Å². The zero-order valence-electron chi connectivity index (χ0n) is 6.91. The molecule has 12 heavy (non-hydrogen) atoms. The minimum absolute atomic E-state index is 0.0281. The molecule has 0 aromatic heterocycles. The lowest BCUT2D eigenvalue weighted by Crippen LogP contribution is -2.42. The number of carbonyl (C=O) groups is 2. The van der Waals surface area contributed by atoms with Crippen molar-refractivity contribution >= 4 is 11.8 Å². The van der Waals surface area contributed by atoms with E-state index in [1.54, 1.807) is 0 Å². The Morgan fingerprint density at radius 1 is 1.75 bits per heavy atom. The average molecular weight is 172 g/mol. The van der Waals surface area contributed by atoms with E-state index in [1.165, 1.54) is 7.05 Å². The third kappa shape index (κ3) is 1.94. The Morgan fingerprint density at radius 3 is 2.83 bits per heavy atom. The molecule has 1 heterocycles. The quantitative estimate of drug-likeness (QED) is 0.408. The molecule has 68 valence electrons. The maximum absolute atomic E-state index is 11.1. The summed E-state index contributed by atoms with van der Waals surface area (Å²) in [6, 6.07) is 0. The number of amides is 2. The second-order valence-electron chi connectivity index (χ2n) is 2.90. The fraction of sp³-hybridized carbons (Fsp3) is 0.714. The van der Waals surface area contributed by atoms with Crippen molar-refractivity contribution in [1.29, 1.82) is 0 Å². The number of hydroxylamine groups is 2. The molecule has 1 unspecified atom stereocenters. The average Bonchev–Trinajstić information content (AvgIpc) is 2.04. The predicted molar refractivity (Wildman–Crippen MR) is 40.3 cm³/mol. The van der Waals surface area contributed by atoms with E-state index in [0.717, 1.165) is 0 Å². The standard InChI is InChI=1S/C7H12N2O3/c1-9(12)7(11)5-2-3-6(10)8-4-5/h5,12H,2-4H2,1H3,(H,8,10). The minimum atomic E-state index is -0.338. The van der Waals surface area contributed by atoms with Crippen LogP contribution in [0.5, 0.6) is 0 Å². The zero-order chi connectivity index (χ0) is 9.14. The fourth-order valence-electron chi connectivity index (χ4n) is 1.21. The van der Waals surface area contributed by atoms with Gasteiger partial charge in [0.2, 0.25) is 5.91 Å². The first-order valence-corrected chi connectivity index (χ1v) is 3.84. The molecular formula is C7H12N2O3. The van der Waals surface area contributed by atoms with Crippen LogP contribution in [0.25, 0.3) is 0 Å². The molecule has 0 spiro atoms. The third-order valence-electron chi connectivity index (χ3n) is 1.93. The van der Waals surface area contributed by atoms with Gasteiger partial charge in [-0.1, -0.05) is 0 Å². The van der Waals surface area contributed by atoms with Crippen molar-refractivity contribution in [2.24, 2.45) is 5.92 Å². The second-order valence-corrected chi connectivity index (χ2v) is 2.90. The largest absolute Gasteiger partial charge is 0.355 e. The van der Waals surface area contributed by atoms with E-state index in [-0.39, 0.29) is 17.7 Å². The van der Waals surface area contributed by atoms with Gasteiger partial charge < -0.3 is 5.32 Å². The van der Waals surface area contributed by atoms with Gasteiger partial charge in [-0.2, -0.15) is 0 Å². The number of rotatable bonds is 1. The van der Waals surface area contributed by atoms with Crippen LogP contribution in [0.2, 0.25) is 0 Å². The van der Waals surface area contributed by atoms with Crippen LogP contribution in [0.1, 0.15) is 12.8 Å². The summed E-state index contributed by atoms with van der Waals surface area (Å²) >= 11 is 0. The Kier molecular flexibility index (Phi) is 2.65. The molecule has 0 aliphatic carbocycles. The maximum atomic E-state index is 11.1. The first kappa shape index (κ1) is 8.99. The summed E-state index contributed by atoms with van der Waals surface area (Å²) in [6.45, 7) is 0.336.